The van der Waals surface area contributed by atoms with Crippen molar-refractivity contribution in [3.05, 3.63) is 35.8 Å². The summed E-state index contributed by atoms with van der Waals surface area (Å²) >= 11 is 0. The Morgan fingerprint density at radius 2 is 1.79 bits per heavy atom. The van der Waals surface area contributed by atoms with E-state index in [-0.39, 0.29) is 11.2 Å². The van der Waals surface area contributed by atoms with Crippen LogP contribution in [0.25, 0.3) is 0 Å². The zero-order valence-corrected chi connectivity index (χ0v) is 12.7. The zero-order chi connectivity index (χ0) is 15.1. The lowest BCUT2D eigenvalue weighted by atomic mass is 9.94. The van der Waals surface area contributed by atoms with Crippen LogP contribution in [0.5, 0.6) is 0 Å². The molecule has 0 atom stereocenters. The summed E-state index contributed by atoms with van der Waals surface area (Å²) < 4.78 is 14.6. The SMILES string of the molecule is C=C(OC(=O)OC)/C(OC)=C(\C=C\C(C)(C)C)CC. The van der Waals surface area contributed by atoms with Crippen molar-refractivity contribution in [3.63, 3.8) is 0 Å². The Labute approximate surface area is 115 Å². The van der Waals surface area contributed by atoms with E-state index in [0.29, 0.717) is 5.76 Å². The molecule has 4 nitrogen and oxygen atoms in total. The van der Waals surface area contributed by atoms with Crippen molar-refractivity contribution >= 4 is 6.16 Å². The third-order valence-corrected chi connectivity index (χ3v) is 2.29. The Kier molecular flexibility index (Phi) is 6.98. The van der Waals surface area contributed by atoms with Gasteiger partial charge in [-0.15, -0.1) is 0 Å². The molecule has 0 aliphatic heterocycles. The van der Waals surface area contributed by atoms with E-state index < -0.39 is 6.16 Å². The molecule has 0 aromatic rings. The maximum Gasteiger partial charge on any atom is 0.513 e. The molecule has 0 bridgehead atoms. The van der Waals surface area contributed by atoms with Gasteiger partial charge in [0.15, 0.2) is 11.5 Å². The van der Waals surface area contributed by atoms with Crippen LogP contribution in [-0.4, -0.2) is 20.4 Å². The molecule has 4 heteroatoms. The van der Waals surface area contributed by atoms with E-state index in [0.717, 1.165) is 12.0 Å². The first-order valence-corrected chi connectivity index (χ1v) is 6.16. The molecule has 0 saturated carbocycles. The lowest BCUT2D eigenvalue weighted by Gasteiger charge is -2.15. The van der Waals surface area contributed by atoms with Gasteiger partial charge in [-0.1, -0.05) is 46.4 Å². The van der Waals surface area contributed by atoms with Gasteiger partial charge >= 0.3 is 6.16 Å². The molecule has 0 amide bonds. The summed E-state index contributed by atoms with van der Waals surface area (Å²) in [5.41, 5.74) is 0.968. The summed E-state index contributed by atoms with van der Waals surface area (Å²) in [5.74, 6) is 0.596. The number of ether oxygens (including phenoxy) is 3. The van der Waals surface area contributed by atoms with Gasteiger partial charge in [-0.2, -0.15) is 0 Å². The summed E-state index contributed by atoms with van der Waals surface area (Å²) in [6, 6.07) is 0. The summed E-state index contributed by atoms with van der Waals surface area (Å²) in [5, 5.41) is 0. The van der Waals surface area contributed by atoms with E-state index in [1.54, 1.807) is 0 Å². The second-order valence-corrected chi connectivity index (χ2v) is 5.09. The Hall–Kier alpha value is -1.71. The predicted molar refractivity (Wildman–Crippen MR) is 75.6 cm³/mol. The molecule has 0 radical (unpaired) electrons. The fraction of sp³-hybridized carbons (Fsp3) is 0.533. The second-order valence-electron chi connectivity index (χ2n) is 5.09. The topological polar surface area (TPSA) is 44.8 Å². The predicted octanol–water partition coefficient (Wildman–Crippen LogP) is 4.20. The molecule has 0 aromatic heterocycles. The number of hydrogen-bond acceptors (Lipinski definition) is 4. The summed E-state index contributed by atoms with van der Waals surface area (Å²) in [7, 11) is 2.76. The first kappa shape index (κ1) is 17.3. The Morgan fingerprint density at radius 1 is 1.21 bits per heavy atom. The quantitative estimate of drug-likeness (QED) is 0.426. The standard InChI is InChI=1S/C15H24O4/c1-8-12(9-10-15(3,4)5)13(17-6)11(2)19-14(16)18-7/h9-10H,2,8H2,1,3-7H3/b10-9+,13-12+. The molecule has 19 heavy (non-hydrogen) atoms. The zero-order valence-electron chi connectivity index (χ0n) is 12.7. The number of allylic oxidation sites excluding steroid dienone is 3. The van der Waals surface area contributed by atoms with Crippen molar-refractivity contribution in [3.8, 4) is 0 Å². The molecular formula is C15H24O4. The first-order chi connectivity index (χ1) is 8.75. The monoisotopic (exact) mass is 268 g/mol. The molecule has 0 aliphatic carbocycles. The maximum absolute atomic E-state index is 11.1. The van der Waals surface area contributed by atoms with Crippen LogP contribution in [0.1, 0.15) is 34.1 Å². The summed E-state index contributed by atoms with van der Waals surface area (Å²) in [4.78, 5) is 11.1. The Balaban J connectivity index is 5.22. The van der Waals surface area contributed by atoms with Crippen LogP contribution in [0.2, 0.25) is 0 Å². The molecule has 0 rings (SSSR count). The smallest absolute Gasteiger partial charge is 0.493 e. The van der Waals surface area contributed by atoms with E-state index >= 15 is 0 Å². The van der Waals surface area contributed by atoms with Crippen LogP contribution in [0.4, 0.5) is 4.79 Å². The average molecular weight is 268 g/mol. The summed E-state index contributed by atoms with van der Waals surface area (Å²) in [6.07, 6.45) is 3.95. The van der Waals surface area contributed by atoms with Crippen LogP contribution in [0.3, 0.4) is 0 Å². The molecule has 0 aliphatic rings. The van der Waals surface area contributed by atoms with E-state index in [1.807, 2.05) is 13.0 Å². The highest BCUT2D eigenvalue weighted by atomic mass is 16.7. The molecule has 0 saturated heterocycles. The fourth-order valence-electron chi connectivity index (χ4n) is 1.32. The minimum atomic E-state index is -0.810. The van der Waals surface area contributed by atoms with Crippen molar-refractivity contribution < 1.29 is 19.0 Å². The molecule has 0 spiro atoms. The van der Waals surface area contributed by atoms with Gasteiger partial charge in [0.2, 0.25) is 0 Å². The average Bonchev–Trinajstić information content (AvgIpc) is 2.32. The number of carbonyl (C=O) groups is 1. The van der Waals surface area contributed by atoms with Gasteiger partial charge in [-0.05, 0) is 17.4 Å². The van der Waals surface area contributed by atoms with Crippen LogP contribution in [-0.2, 0) is 14.2 Å². The van der Waals surface area contributed by atoms with Crippen LogP contribution in [0.15, 0.2) is 35.8 Å². The maximum atomic E-state index is 11.1. The van der Waals surface area contributed by atoms with Crippen molar-refractivity contribution in [1.82, 2.24) is 0 Å². The Morgan fingerprint density at radius 3 is 2.16 bits per heavy atom. The molecule has 0 fully saturated rings. The summed E-state index contributed by atoms with van der Waals surface area (Å²) in [6.45, 7) is 12.0. The highest BCUT2D eigenvalue weighted by Gasteiger charge is 2.14. The minimum absolute atomic E-state index is 0.0593. The van der Waals surface area contributed by atoms with Gasteiger partial charge in [-0.3, -0.25) is 0 Å². The van der Waals surface area contributed by atoms with E-state index in [1.165, 1.54) is 14.2 Å². The van der Waals surface area contributed by atoms with Gasteiger partial charge in [-0.25, -0.2) is 4.79 Å². The third-order valence-electron chi connectivity index (χ3n) is 2.29. The molecule has 0 aromatic carbocycles. The first-order valence-electron chi connectivity index (χ1n) is 6.16. The van der Waals surface area contributed by atoms with Gasteiger partial charge in [0.25, 0.3) is 0 Å². The lowest BCUT2D eigenvalue weighted by molar-refractivity contribution is 0.0923. The third kappa shape index (κ3) is 6.70. The van der Waals surface area contributed by atoms with Gasteiger partial charge in [0, 0.05) is 0 Å². The molecule has 108 valence electrons. The largest absolute Gasteiger partial charge is 0.513 e. The van der Waals surface area contributed by atoms with Crippen molar-refractivity contribution in [1.29, 1.82) is 0 Å². The molecule has 0 unspecified atom stereocenters. The van der Waals surface area contributed by atoms with Crippen molar-refractivity contribution in [2.75, 3.05) is 14.2 Å². The normalized spacial score (nSPS) is 12.9. The van der Waals surface area contributed by atoms with E-state index in [2.05, 4.69) is 38.2 Å². The van der Waals surface area contributed by atoms with Crippen LogP contribution in [0, 0.1) is 5.41 Å². The lowest BCUT2D eigenvalue weighted by Crippen LogP contribution is -2.07. The fourth-order valence-corrected chi connectivity index (χ4v) is 1.32. The number of methoxy groups -OCH3 is 2. The van der Waals surface area contributed by atoms with E-state index in [4.69, 9.17) is 9.47 Å². The van der Waals surface area contributed by atoms with Gasteiger partial charge in [0.1, 0.15) is 0 Å². The Bertz CT molecular complexity index is 383. The molecule has 0 heterocycles. The van der Waals surface area contributed by atoms with Crippen LogP contribution < -0.4 is 0 Å². The minimum Gasteiger partial charge on any atom is -0.493 e. The number of rotatable bonds is 5. The van der Waals surface area contributed by atoms with Gasteiger partial charge < -0.3 is 14.2 Å². The van der Waals surface area contributed by atoms with Gasteiger partial charge in [0.05, 0.1) is 14.2 Å². The van der Waals surface area contributed by atoms with Crippen molar-refractivity contribution in [2.45, 2.75) is 34.1 Å². The van der Waals surface area contributed by atoms with E-state index in [9.17, 15) is 4.79 Å². The van der Waals surface area contributed by atoms with Crippen molar-refractivity contribution in [2.24, 2.45) is 5.41 Å². The highest BCUT2D eigenvalue weighted by Crippen LogP contribution is 2.22. The number of hydrogen-bond donors (Lipinski definition) is 0. The van der Waals surface area contributed by atoms with Crippen LogP contribution >= 0.6 is 0 Å². The molecular weight excluding hydrogens is 244 g/mol. The number of carbonyl (C=O) groups excluding carboxylic acids is 1. The highest BCUT2D eigenvalue weighted by molar-refractivity contribution is 5.62. The second kappa shape index (κ2) is 7.67. The molecule has 0 N–H and O–H groups in total.